The van der Waals surface area contributed by atoms with Crippen molar-refractivity contribution in [1.82, 2.24) is 0 Å². The van der Waals surface area contributed by atoms with Gasteiger partial charge < -0.3 is 21.7 Å². The normalized spacial score (nSPS) is 9.09. The first kappa shape index (κ1) is 17.6. The van der Waals surface area contributed by atoms with Crippen LogP contribution in [0.3, 0.4) is 0 Å². The van der Waals surface area contributed by atoms with Gasteiger partial charge in [-0.05, 0) is 27.7 Å². The molecule has 0 atom stereocenters. The van der Waals surface area contributed by atoms with E-state index in [1.54, 1.807) is 0 Å². The van der Waals surface area contributed by atoms with Crippen LogP contribution in [0.1, 0.15) is 27.2 Å². The topological polar surface area (TPSA) is 26.3 Å². The molecule has 0 rings (SSSR count). The summed E-state index contributed by atoms with van der Waals surface area (Å²) in [5.74, 6) is -0.248. The molecule has 4 heteroatoms. The number of halogens is 1. The van der Waals surface area contributed by atoms with E-state index in [-0.39, 0.29) is 54.5 Å². The van der Waals surface area contributed by atoms with Crippen molar-refractivity contribution in [2.24, 2.45) is 0 Å². The van der Waals surface area contributed by atoms with E-state index < -0.39 is 0 Å². The molecule has 0 fully saturated rings. The Labute approximate surface area is 91.6 Å². The van der Waals surface area contributed by atoms with Crippen LogP contribution in [0.5, 0.6) is 0 Å². The predicted molar refractivity (Wildman–Crippen MR) is 35.8 cm³/mol. The summed E-state index contributed by atoms with van der Waals surface area (Å²) in [4.78, 5) is 10.5. The first-order chi connectivity index (χ1) is 3.95. The van der Waals surface area contributed by atoms with E-state index in [4.69, 9.17) is 4.74 Å². The molecule has 0 unspecified atom stereocenters. The first-order valence-electron chi connectivity index (χ1n) is 2.97. The zero-order valence-corrected chi connectivity index (χ0v) is 11.9. The molecule has 0 amide bonds. The van der Waals surface area contributed by atoms with Crippen LogP contribution in [-0.4, -0.2) is 11.6 Å². The van der Waals surface area contributed by atoms with Gasteiger partial charge in [0.25, 0.3) is 0 Å². The molecule has 0 aliphatic rings. The molecule has 0 aromatic carbocycles. The molecule has 0 aliphatic carbocycles. The quantitative estimate of drug-likeness (QED) is 0.432. The Bertz CT molecular complexity index is 109. The van der Waals surface area contributed by atoms with Gasteiger partial charge in [-0.1, -0.05) is 0 Å². The molecule has 0 bridgehead atoms. The Balaban J connectivity index is -0.000000320. The number of hydrogen-bond acceptors (Lipinski definition) is 2. The van der Waals surface area contributed by atoms with Crippen molar-refractivity contribution in [2.75, 3.05) is 0 Å². The van der Waals surface area contributed by atoms with Gasteiger partial charge in [0.2, 0.25) is 0 Å². The summed E-state index contributed by atoms with van der Waals surface area (Å²) in [6.07, 6.45) is 0.206. The molecule has 0 aromatic rings. The van der Waals surface area contributed by atoms with Gasteiger partial charge in [0.05, 0.1) is 0 Å². The van der Waals surface area contributed by atoms with E-state index in [1.165, 1.54) is 0 Å². The fourth-order valence-corrected chi connectivity index (χ4v) is 0.393. The Hall–Kier alpha value is 0.573. The van der Waals surface area contributed by atoms with Gasteiger partial charge in [0, 0.05) is 25.9 Å². The largest absolute Gasteiger partial charge is 1.00 e. The summed E-state index contributed by atoms with van der Waals surface area (Å²) in [6.45, 7) is 8.90. The summed E-state index contributed by atoms with van der Waals surface area (Å²) >= 11 is 0. The number of rotatable bonds is 1. The Morgan fingerprint density at radius 3 is 1.91 bits per heavy atom. The minimum atomic E-state index is -0.366. The van der Waals surface area contributed by atoms with Crippen molar-refractivity contribution >= 4 is 5.97 Å². The van der Waals surface area contributed by atoms with Crippen LogP contribution in [0.4, 0.5) is 0 Å². The Kier molecular flexibility index (Phi) is 11.6. The summed E-state index contributed by atoms with van der Waals surface area (Å²) < 4.78 is 4.89. The van der Waals surface area contributed by atoms with Gasteiger partial charge in [-0.3, -0.25) is 4.79 Å². The Morgan fingerprint density at radius 1 is 1.45 bits per heavy atom. The van der Waals surface area contributed by atoms with Crippen molar-refractivity contribution < 1.29 is 46.0 Å². The number of esters is 1. The molecule has 0 saturated carbocycles. The fourth-order valence-electron chi connectivity index (χ4n) is 0.393. The van der Waals surface area contributed by atoms with Crippen LogP contribution >= 0.6 is 0 Å². The summed E-state index contributed by atoms with van der Waals surface area (Å²) in [5, 5.41) is 0. The van der Waals surface area contributed by atoms with Crippen molar-refractivity contribution in [3.05, 3.63) is 6.92 Å². The molecule has 2 nitrogen and oxygen atoms in total. The molecule has 1 radical (unpaired) electrons. The van der Waals surface area contributed by atoms with Gasteiger partial charge in [-0.2, -0.15) is 0 Å². The number of carbonyl (C=O) groups is 1. The fraction of sp³-hybridized carbons (Fsp3) is 0.714. The molecule has 0 aromatic heterocycles. The maximum atomic E-state index is 10.5. The van der Waals surface area contributed by atoms with Gasteiger partial charge >= 0.3 is 5.97 Å². The van der Waals surface area contributed by atoms with Gasteiger partial charge in [0.1, 0.15) is 5.60 Å². The molecule has 0 aliphatic heterocycles. The maximum absolute atomic E-state index is 10.5. The zero-order chi connectivity index (χ0) is 7.49. The monoisotopic (exact) mass is 272 g/mol. The molecule has 63 valence electrons. The number of hydrogen-bond donors (Lipinski definition) is 0. The third-order valence-corrected chi connectivity index (χ3v) is 0.624. The van der Waals surface area contributed by atoms with Crippen LogP contribution in [-0.2, 0) is 29.0 Å². The molecule has 0 saturated heterocycles. The Morgan fingerprint density at radius 2 is 1.82 bits per heavy atom. The van der Waals surface area contributed by atoms with Gasteiger partial charge in [-0.15, -0.1) is 0 Å². The zero-order valence-electron chi connectivity index (χ0n) is 7.32. The molecule has 11 heavy (non-hydrogen) atoms. The van der Waals surface area contributed by atoms with Crippen LogP contribution in [0.15, 0.2) is 0 Å². The SMILES string of the molecule is [Br-].[CH2]CC(=O)OC(C)(C)C.[Zn]. The summed E-state index contributed by atoms with van der Waals surface area (Å²) in [6, 6.07) is 0. The maximum Gasteiger partial charge on any atom is 0.306 e. The van der Waals surface area contributed by atoms with Crippen LogP contribution in [0, 0.1) is 6.92 Å². The number of carbonyl (C=O) groups excluding carboxylic acids is 1. The van der Waals surface area contributed by atoms with E-state index in [0.29, 0.717) is 0 Å². The summed E-state index contributed by atoms with van der Waals surface area (Å²) in [7, 11) is 0. The second kappa shape index (κ2) is 7.23. The minimum Gasteiger partial charge on any atom is -1.00 e. The van der Waals surface area contributed by atoms with Crippen LogP contribution in [0.25, 0.3) is 0 Å². The van der Waals surface area contributed by atoms with Crippen molar-refractivity contribution in [1.29, 1.82) is 0 Å². The van der Waals surface area contributed by atoms with Gasteiger partial charge in [0.15, 0.2) is 0 Å². The second-order valence-corrected chi connectivity index (χ2v) is 2.84. The van der Waals surface area contributed by atoms with Crippen molar-refractivity contribution in [3.8, 4) is 0 Å². The third kappa shape index (κ3) is 13.5. The number of ether oxygens (including phenoxy) is 1. The smallest absolute Gasteiger partial charge is 0.306 e. The summed E-state index contributed by atoms with van der Waals surface area (Å²) in [5.41, 5.74) is -0.366. The van der Waals surface area contributed by atoms with Crippen molar-refractivity contribution in [2.45, 2.75) is 32.8 Å². The average Bonchev–Trinajstić information content (AvgIpc) is 1.62. The first-order valence-corrected chi connectivity index (χ1v) is 2.97. The molecular formula is C7H13BrO2Zn-. The predicted octanol–water partition coefficient (Wildman–Crippen LogP) is -1.45. The molecule has 0 spiro atoms. The van der Waals surface area contributed by atoms with Crippen molar-refractivity contribution in [3.63, 3.8) is 0 Å². The third-order valence-electron chi connectivity index (χ3n) is 0.624. The minimum absolute atomic E-state index is 0. The standard InChI is InChI=1S/C7H13O2.BrH.Zn/c1-5-6(8)9-7(2,3)4;;/h1,5H2,2-4H3;1H;/p-1. The molecule has 0 heterocycles. The van der Waals surface area contributed by atoms with Gasteiger partial charge in [-0.25, -0.2) is 0 Å². The van der Waals surface area contributed by atoms with E-state index in [2.05, 4.69) is 6.92 Å². The van der Waals surface area contributed by atoms with E-state index in [1.807, 2.05) is 20.8 Å². The molecule has 0 N–H and O–H groups in total. The van der Waals surface area contributed by atoms with E-state index in [0.717, 1.165) is 0 Å². The van der Waals surface area contributed by atoms with Crippen LogP contribution in [0.2, 0.25) is 0 Å². The average molecular weight is 274 g/mol. The van der Waals surface area contributed by atoms with E-state index in [9.17, 15) is 4.79 Å². The van der Waals surface area contributed by atoms with Crippen LogP contribution < -0.4 is 17.0 Å². The van der Waals surface area contributed by atoms with E-state index >= 15 is 0 Å². The second-order valence-electron chi connectivity index (χ2n) is 2.84. The molecular weight excluding hydrogens is 261 g/mol.